The molecule has 0 aromatic rings. The molecule has 0 aromatic heterocycles. The van der Waals surface area contributed by atoms with E-state index < -0.39 is 20.0 Å². The number of amides is 1. The maximum Gasteiger partial charge on any atom is 0.472 e. The van der Waals surface area contributed by atoms with Crippen LogP contribution >= 0.6 is 7.82 Å². The summed E-state index contributed by atoms with van der Waals surface area (Å²) in [6, 6.07) is -0.891. The quantitative estimate of drug-likeness (QED) is 0.0243. The van der Waals surface area contributed by atoms with Crippen molar-refractivity contribution in [3.63, 3.8) is 0 Å². The Morgan fingerprint density at radius 2 is 0.910 bits per heavy atom. The van der Waals surface area contributed by atoms with Crippen LogP contribution in [0.2, 0.25) is 0 Å². The van der Waals surface area contributed by atoms with Crippen LogP contribution in [-0.2, 0) is 18.4 Å². The van der Waals surface area contributed by atoms with Crippen LogP contribution in [0.25, 0.3) is 0 Å². The fourth-order valence-corrected chi connectivity index (χ4v) is 7.25. The third kappa shape index (κ3) is 50.3. The lowest BCUT2D eigenvalue weighted by molar-refractivity contribution is -0.870. The summed E-state index contributed by atoms with van der Waals surface area (Å²) in [7, 11) is 1.51. The highest BCUT2D eigenvalue weighted by molar-refractivity contribution is 7.47. The molecule has 0 aliphatic carbocycles. The lowest BCUT2D eigenvalue weighted by Crippen LogP contribution is -2.45. The van der Waals surface area contributed by atoms with Crippen LogP contribution in [0.3, 0.4) is 0 Å². The zero-order chi connectivity index (χ0) is 49.2. The molecule has 3 N–H and O–H groups in total. The maximum absolute atomic E-state index is 12.9. The summed E-state index contributed by atoms with van der Waals surface area (Å²) in [5.74, 6) is -0.226. The number of phosphoric ester groups is 1. The molecule has 1 amide bonds. The van der Waals surface area contributed by atoms with Crippen molar-refractivity contribution in [1.82, 2.24) is 5.32 Å². The number of unbranched alkanes of at least 4 members (excludes halogenated alkanes) is 12. The first-order valence-electron chi connectivity index (χ1n) is 26.1. The molecule has 3 unspecified atom stereocenters. The number of nitrogens with one attached hydrogen (secondary N) is 1. The number of phosphoric acid groups is 1. The molecule has 3 atom stereocenters. The van der Waals surface area contributed by atoms with E-state index in [1.165, 1.54) is 51.4 Å². The Bertz CT molecular complexity index is 1540. The number of carbonyl (C=O) groups excluding carboxylic acids is 1. The molecule has 0 saturated heterocycles. The lowest BCUT2D eigenvalue weighted by atomic mass is 10.1. The molecule has 0 saturated carbocycles. The number of aliphatic hydroxyl groups is 1. The van der Waals surface area contributed by atoms with Crippen LogP contribution in [0.1, 0.15) is 174 Å². The standard InChI is InChI=1S/C58H97N2O6P/c1-6-8-10-12-14-16-18-20-22-23-24-25-26-27-28-29-30-31-32-33-34-35-36-37-38-40-42-44-46-48-50-52-58(62)59-56(55-66-67(63,64)65-54-53-60(3,4)5)57(61)51-49-47-45-43-41-39-21-19-17-15-13-11-9-7-2/h8,10,14,16,20,22,24-25,27-28,30-31,33-34,36-37,40-43,49,51,56-57,61H,6-7,9,11-13,15,17-19,21,23,26,29,32,35,38-39,44-48,50,52-55H2,1-5H3,(H-,59,62,63,64)/p+1/b10-8-,16-14-,22-20-,25-24-,28-27-,31-30-,34-33-,37-36-,42-40-,43-41+,51-49+. The smallest absolute Gasteiger partial charge is 0.387 e. The molecule has 0 bridgehead atoms. The number of likely N-dealkylation sites (N-methyl/N-ethyl adjacent to an activating group) is 1. The molecule has 380 valence electrons. The second-order valence-electron chi connectivity index (χ2n) is 18.2. The Morgan fingerprint density at radius 3 is 1.37 bits per heavy atom. The third-order valence-electron chi connectivity index (χ3n) is 10.6. The number of hydrogen-bond acceptors (Lipinski definition) is 5. The number of carbonyl (C=O) groups is 1. The van der Waals surface area contributed by atoms with E-state index in [0.29, 0.717) is 23.9 Å². The molecular weight excluding hydrogens is 852 g/mol. The summed E-state index contributed by atoms with van der Waals surface area (Å²) in [5.41, 5.74) is 0. The SMILES string of the molecule is CC/C=C\C/C=C\C/C=C\C/C=C\C/C=C\C/C=C\C/C=C\C/C=C\C/C=C\CCCCCC(=O)NC(COP(=O)(O)OCC[N+](C)(C)C)C(O)/C=C/CC/C=C/CCCCCCCCCC. The second kappa shape index (κ2) is 47.7. The normalized spacial score (nSPS) is 15.1. The zero-order valence-corrected chi connectivity index (χ0v) is 44.0. The van der Waals surface area contributed by atoms with Gasteiger partial charge in [-0.05, 0) is 103 Å². The van der Waals surface area contributed by atoms with E-state index >= 15 is 0 Å². The zero-order valence-electron chi connectivity index (χ0n) is 43.1. The minimum absolute atomic E-state index is 0.0413. The van der Waals surface area contributed by atoms with Gasteiger partial charge >= 0.3 is 7.82 Å². The Morgan fingerprint density at radius 1 is 0.522 bits per heavy atom. The molecule has 0 rings (SSSR count). The van der Waals surface area contributed by atoms with E-state index in [-0.39, 0.29) is 19.1 Å². The molecule has 0 heterocycles. The Labute approximate surface area is 411 Å². The fraction of sp³-hybridized carbons (Fsp3) is 0.603. The van der Waals surface area contributed by atoms with Crippen LogP contribution in [0, 0.1) is 0 Å². The molecule has 9 heteroatoms. The molecule has 0 aliphatic heterocycles. The lowest BCUT2D eigenvalue weighted by Gasteiger charge is -2.25. The van der Waals surface area contributed by atoms with Gasteiger partial charge in [0.05, 0.1) is 39.9 Å². The summed E-state index contributed by atoms with van der Waals surface area (Å²) in [4.78, 5) is 23.2. The van der Waals surface area contributed by atoms with E-state index in [0.717, 1.165) is 96.3 Å². The summed E-state index contributed by atoms with van der Waals surface area (Å²) in [6.45, 7) is 4.61. The average molecular weight is 950 g/mol. The highest BCUT2D eigenvalue weighted by Gasteiger charge is 2.27. The average Bonchev–Trinajstić information content (AvgIpc) is 3.29. The van der Waals surface area contributed by atoms with Crippen LogP contribution in [-0.4, -0.2) is 73.4 Å². The number of rotatable bonds is 45. The van der Waals surface area contributed by atoms with Gasteiger partial charge in [0.25, 0.3) is 0 Å². The molecule has 0 radical (unpaired) electrons. The molecule has 8 nitrogen and oxygen atoms in total. The van der Waals surface area contributed by atoms with E-state index in [2.05, 4.69) is 141 Å². The van der Waals surface area contributed by atoms with Gasteiger partial charge in [0.2, 0.25) is 5.91 Å². The van der Waals surface area contributed by atoms with Gasteiger partial charge in [-0.15, -0.1) is 0 Å². The Balaban J connectivity index is 4.38. The predicted octanol–water partition coefficient (Wildman–Crippen LogP) is 15.6. The summed E-state index contributed by atoms with van der Waals surface area (Å²) < 4.78 is 23.6. The molecule has 67 heavy (non-hydrogen) atoms. The number of hydrogen-bond donors (Lipinski definition) is 3. The van der Waals surface area contributed by atoms with Gasteiger partial charge in [-0.2, -0.15) is 0 Å². The van der Waals surface area contributed by atoms with Gasteiger partial charge < -0.3 is 19.8 Å². The number of allylic oxidation sites excluding steroid dienone is 21. The van der Waals surface area contributed by atoms with Crippen molar-refractivity contribution < 1.29 is 32.9 Å². The van der Waals surface area contributed by atoms with Crippen LogP contribution < -0.4 is 5.32 Å². The van der Waals surface area contributed by atoms with Crippen molar-refractivity contribution in [3.8, 4) is 0 Å². The number of aliphatic hydroxyl groups excluding tert-OH is 1. The predicted molar refractivity (Wildman–Crippen MR) is 290 cm³/mol. The topological polar surface area (TPSA) is 105 Å². The van der Waals surface area contributed by atoms with Gasteiger partial charge in [0.15, 0.2) is 0 Å². The first kappa shape index (κ1) is 63.6. The van der Waals surface area contributed by atoms with Gasteiger partial charge in [0.1, 0.15) is 13.2 Å². The van der Waals surface area contributed by atoms with E-state index in [1.807, 2.05) is 27.2 Å². The maximum atomic E-state index is 12.9. The van der Waals surface area contributed by atoms with Crippen molar-refractivity contribution in [2.45, 2.75) is 187 Å². The molecule has 0 fully saturated rings. The Kier molecular flexibility index (Phi) is 45.3. The second-order valence-corrected chi connectivity index (χ2v) is 19.6. The minimum atomic E-state index is -4.37. The van der Waals surface area contributed by atoms with Crippen LogP contribution in [0.5, 0.6) is 0 Å². The first-order chi connectivity index (χ1) is 32.5. The van der Waals surface area contributed by atoms with Gasteiger partial charge in [-0.3, -0.25) is 13.8 Å². The molecule has 0 aliphatic rings. The van der Waals surface area contributed by atoms with Crippen LogP contribution in [0.15, 0.2) is 134 Å². The van der Waals surface area contributed by atoms with E-state index in [1.54, 1.807) is 6.08 Å². The number of quaternary nitrogens is 1. The van der Waals surface area contributed by atoms with Crippen molar-refractivity contribution >= 4 is 13.7 Å². The summed E-state index contributed by atoms with van der Waals surface area (Å²) >= 11 is 0. The highest BCUT2D eigenvalue weighted by Crippen LogP contribution is 2.43. The van der Waals surface area contributed by atoms with Gasteiger partial charge in [0, 0.05) is 6.42 Å². The van der Waals surface area contributed by atoms with Crippen molar-refractivity contribution in [3.05, 3.63) is 134 Å². The fourth-order valence-electron chi connectivity index (χ4n) is 6.52. The summed E-state index contributed by atoms with van der Waals surface area (Å²) in [6.07, 6.45) is 72.6. The van der Waals surface area contributed by atoms with Crippen LogP contribution in [0.4, 0.5) is 0 Å². The third-order valence-corrected chi connectivity index (χ3v) is 11.6. The summed E-state index contributed by atoms with van der Waals surface area (Å²) in [5, 5.41) is 13.8. The molecule has 0 aromatic carbocycles. The van der Waals surface area contributed by atoms with Gasteiger partial charge in [-0.1, -0.05) is 199 Å². The van der Waals surface area contributed by atoms with Gasteiger partial charge in [-0.25, -0.2) is 4.57 Å². The molecular formula is C58H98N2O6P+. The molecule has 0 spiro atoms. The monoisotopic (exact) mass is 950 g/mol. The number of nitrogens with zero attached hydrogens (tertiary/aromatic N) is 1. The van der Waals surface area contributed by atoms with Crippen molar-refractivity contribution in [2.24, 2.45) is 0 Å². The largest absolute Gasteiger partial charge is 0.472 e. The minimum Gasteiger partial charge on any atom is -0.387 e. The first-order valence-corrected chi connectivity index (χ1v) is 27.6. The van der Waals surface area contributed by atoms with E-state index in [4.69, 9.17) is 9.05 Å². The van der Waals surface area contributed by atoms with Crippen molar-refractivity contribution in [2.75, 3.05) is 40.9 Å². The Hall–Kier alpha value is -3.36. The van der Waals surface area contributed by atoms with E-state index in [9.17, 15) is 19.4 Å². The highest BCUT2D eigenvalue weighted by atomic mass is 31.2. The van der Waals surface area contributed by atoms with Crippen molar-refractivity contribution in [1.29, 1.82) is 0 Å².